The fourth-order valence-electron chi connectivity index (χ4n) is 2.69. The highest BCUT2D eigenvalue weighted by atomic mass is 16.3. The molecule has 1 heterocycles. The van der Waals surface area contributed by atoms with Gasteiger partial charge in [0.25, 0.3) is 0 Å². The summed E-state index contributed by atoms with van der Waals surface area (Å²) in [7, 11) is 2.11. The van der Waals surface area contributed by atoms with Gasteiger partial charge in [0.15, 0.2) is 0 Å². The van der Waals surface area contributed by atoms with E-state index >= 15 is 0 Å². The average molecular weight is 259 g/mol. The van der Waals surface area contributed by atoms with Crippen LogP contribution < -0.4 is 4.90 Å². The summed E-state index contributed by atoms with van der Waals surface area (Å²) in [5, 5.41) is 18.5. The van der Waals surface area contributed by atoms with E-state index in [1.54, 1.807) is 0 Å². The second-order valence-corrected chi connectivity index (χ2v) is 5.24. The lowest BCUT2D eigenvalue weighted by Crippen LogP contribution is -2.56. The minimum absolute atomic E-state index is 0.179. The topological polar surface area (TPSA) is 50.5 Å². The molecule has 0 aliphatic carbocycles. The SMILES string of the molecule is CC1CN(c2ccccc2C#N)C(CCO)CN1C. The van der Waals surface area contributed by atoms with Crippen molar-refractivity contribution in [3.05, 3.63) is 29.8 Å². The lowest BCUT2D eigenvalue weighted by atomic mass is 10.0. The number of hydrogen-bond acceptors (Lipinski definition) is 4. The van der Waals surface area contributed by atoms with Crippen molar-refractivity contribution in [1.82, 2.24) is 4.90 Å². The maximum absolute atomic E-state index is 9.25. The Labute approximate surface area is 114 Å². The van der Waals surface area contributed by atoms with Crippen LogP contribution >= 0.6 is 0 Å². The molecule has 1 aromatic rings. The lowest BCUT2D eigenvalue weighted by Gasteiger charge is -2.45. The van der Waals surface area contributed by atoms with Crippen LogP contribution in [0.1, 0.15) is 18.9 Å². The zero-order chi connectivity index (χ0) is 13.8. The highest BCUT2D eigenvalue weighted by molar-refractivity contribution is 5.60. The van der Waals surface area contributed by atoms with Crippen LogP contribution in [0.5, 0.6) is 0 Å². The smallest absolute Gasteiger partial charge is 0.101 e. The number of anilines is 1. The molecule has 1 N–H and O–H groups in total. The summed E-state index contributed by atoms with van der Waals surface area (Å²) >= 11 is 0. The van der Waals surface area contributed by atoms with Gasteiger partial charge in [0.05, 0.1) is 11.3 Å². The van der Waals surface area contributed by atoms with Crippen molar-refractivity contribution in [2.45, 2.75) is 25.4 Å². The molecule has 1 saturated heterocycles. The Bertz CT molecular complexity index is 469. The van der Waals surface area contributed by atoms with Gasteiger partial charge in [-0.15, -0.1) is 0 Å². The van der Waals surface area contributed by atoms with Crippen LogP contribution in [0, 0.1) is 11.3 Å². The van der Waals surface area contributed by atoms with Crippen molar-refractivity contribution in [2.75, 3.05) is 31.6 Å². The third-order valence-electron chi connectivity index (χ3n) is 3.95. The molecule has 1 aliphatic heterocycles. The zero-order valence-electron chi connectivity index (χ0n) is 11.6. The number of hydrogen-bond donors (Lipinski definition) is 1. The van der Waals surface area contributed by atoms with Gasteiger partial charge in [-0.2, -0.15) is 5.26 Å². The summed E-state index contributed by atoms with van der Waals surface area (Å²) < 4.78 is 0. The molecule has 1 fully saturated rings. The van der Waals surface area contributed by atoms with Crippen LogP contribution in [0.2, 0.25) is 0 Å². The summed E-state index contributed by atoms with van der Waals surface area (Å²) in [6.45, 7) is 4.18. The van der Waals surface area contributed by atoms with Crippen molar-refractivity contribution in [2.24, 2.45) is 0 Å². The van der Waals surface area contributed by atoms with Crippen LogP contribution in [0.4, 0.5) is 5.69 Å². The number of piperazine rings is 1. The summed E-state index contributed by atoms with van der Waals surface area (Å²) in [5.41, 5.74) is 1.70. The lowest BCUT2D eigenvalue weighted by molar-refractivity contribution is 0.177. The number of rotatable bonds is 3. The molecule has 102 valence electrons. The Balaban J connectivity index is 2.31. The van der Waals surface area contributed by atoms with Gasteiger partial charge < -0.3 is 10.0 Å². The normalized spacial score (nSPS) is 24.2. The van der Waals surface area contributed by atoms with Crippen LogP contribution in [-0.2, 0) is 0 Å². The highest BCUT2D eigenvalue weighted by Gasteiger charge is 2.30. The number of aliphatic hydroxyl groups is 1. The van der Waals surface area contributed by atoms with Gasteiger partial charge in [-0.1, -0.05) is 12.1 Å². The monoisotopic (exact) mass is 259 g/mol. The van der Waals surface area contributed by atoms with Gasteiger partial charge >= 0.3 is 0 Å². The van der Waals surface area contributed by atoms with E-state index in [9.17, 15) is 10.4 Å². The molecule has 1 aliphatic rings. The van der Waals surface area contributed by atoms with Gasteiger partial charge in [0.2, 0.25) is 0 Å². The van der Waals surface area contributed by atoms with Crippen LogP contribution in [0.25, 0.3) is 0 Å². The van der Waals surface area contributed by atoms with E-state index in [2.05, 4.69) is 29.8 Å². The first-order chi connectivity index (χ1) is 9.17. The number of benzene rings is 1. The van der Waals surface area contributed by atoms with Crippen molar-refractivity contribution in [3.8, 4) is 6.07 Å². The Morgan fingerprint density at radius 3 is 2.79 bits per heavy atom. The van der Waals surface area contributed by atoms with E-state index in [1.807, 2.05) is 24.3 Å². The molecular weight excluding hydrogens is 238 g/mol. The molecular formula is C15H21N3O. The minimum atomic E-state index is 0.179. The molecule has 1 aromatic carbocycles. The molecule has 0 amide bonds. The Kier molecular flexibility index (Phi) is 4.41. The van der Waals surface area contributed by atoms with Crippen LogP contribution in [-0.4, -0.2) is 48.8 Å². The predicted octanol–water partition coefficient (Wildman–Crippen LogP) is 1.45. The first-order valence-corrected chi connectivity index (χ1v) is 6.74. The minimum Gasteiger partial charge on any atom is -0.396 e. The molecule has 0 spiro atoms. The Morgan fingerprint density at radius 2 is 2.11 bits per heavy atom. The van der Waals surface area contributed by atoms with Gasteiger partial charge in [-0.05, 0) is 32.5 Å². The molecule has 2 atom stereocenters. The van der Waals surface area contributed by atoms with Crippen molar-refractivity contribution < 1.29 is 5.11 Å². The van der Waals surface area contributed by atoms with Crippen LogP contribution in [0.3, 0.4) is 0 Å². The number of aliphatic hydroxyl groups excluding tert-OH is 1. The molecule has 4 nitrogen and oxygen atoms in total. The van der Waals surface area contributed by atoms with Crippen molar-refractivity contribution >= 4 is 5.69 Å². The molecule has 4 heteroatoms. The third-order valence-corrected chi connectivity index (χ3v) is 3.95. The highest BCUT2D eigenvalue weighted by Crippen LogP contribution is 2.27. The van der Waals surface area contributed by atoms with E-state index in [0.717, 1.165) is 25.2 Å². The maximum atomic E-state index is 9.25. The first-order valence-electron chi connectivity index (χ1n) is 6.74. The standard InChI is InChI=1S/C15H21N3O/c1-12-10-18(14(7-8-19)11-17(12)2)15-6-4-3-5-13(15)9-16/h3-6,12,14,19H,7-8,10-11H2,1-2H3. The largest absolute Gasteiger partial charge is 0.396 e. The first kappa shape index (κ1) is 13.9. The zero-order valence-corrected chi connectivity index (χ0v) is 11.6. The van der Waals surface area contributed by atoms with Gasteiger partial charge in [-0.3, -0.25) is 4.90 Å². The molecule has 0 saturated carbocycles. The maximum Gasteiger partial charge on any atom is 0.101 e. The third kappa shape index (κ3) is 2.89. The van der Waals surface area contributed by atoms with E-state index in [0.29, 0.717) is 11.6 Å². The van der Waals surface area contributed by atoms with Gasteiger partial charge in [0, 0.05) is 31.8 Å². The second kappa shape index (κ2) is 6.05. The fourth-order valence-corrected chi connectivity index (χ4v) is 2.69. The number of likely N-dealkylation sites (N-methyl/N-ethyl adjacent to an activating group) is 1. The number of para-hydroxylation sites is 1. The molecule has 19 heavy (non-hydrogen) atoms. The average Bonchev–Trinajstić information content (AvgIpc) is 2.43. The molecule has 0 radical (unpaired) electrons. The number of nitriles is 1. The molecule has 0 bridgehead atoms. The Morgan fingerprint density at radius 1 is 1.37 bits per heavy atom. The summed E-state index contributed by atoms with van der Waals surface area (Å²) in [5.74, 6) is 0. The fraction of sp³-hybridized carbons (Fsp3) is 0.533. The second-order valence-electron chi connectivity index (χ2n) is 5.24. The predicted molar refractivity (Wildman–Crippen MR) is 76.1 cm³/mol. The Hall–Kier alpha value is -1.57. The molecule has 2 rings (SSSR count). The summed E-state index contributed by atoms with van der Waals surface area (Å²) in [4.78, 5) is 4.59. The van der Waals surface area contributed by atoms with Gasteiger partial charge in [-0.25, -0.2) is 0 Å². The summed E-state index contributed by atoms with van der Waals surface area (Å²) in [6, 6.07) is 10.7. The summed E-state index contributed by atoms with van der Waals surface area (Å²) in [6.07, 6.45) is 0.733. The van der Waals surface area contributed by atoms with E-state index < -0.39 is 0 Å². The van der Waals surface area contributed by atoms with Crippen molar-refractivity contribution in [3.63, 3.8) is 0 Å². The van der Waals surface area contributed by atoms with Gasteiger partial charge in [0.1, 0.15) is 6.07 Å². The van der Waals surface area contributed by atoms with E-state index in [4.69, 9.17) is 0 Å². The van der Waals surface area contributed by atoms with Crippen LogP contribution in [0.15, 0.2) is 24.3 Å². The molecule has 2 unspecified atom stereocenters. The molecule has 0 aromatic heterocycles. The van der Waals surface area contributed by atoms with E-state index in [-0.39, 0.29) is 12.6 Å². The van der Waals surface area contributed by atoms with Crippen molar-refractivity contribution in [1.29, 1.82) is 5.26 Å². The number of nitrogens with zero attached hydrogens (tertiary/aromatic N) is 3. The quantitative estimate of drug-likeness (QED) is 0.892. The van der Waals surface area contributed by atoms with E-state index in [1.165, 1.54) is 0 Å².